The van der Waals surface area contributed by atoms with Crippen LogP contribution < -0.4 is 5.32 Å². The molecule has 0 aromatic rings. The number of rotatable bonds is 6. The summed E-state index contributed by atoms with van der Waals surface area (Å²) >= 11 is 0. The Hall–Kier alpha value is -1.29. The Labute approximate surface area is 110 Å². The summed E-state index contributed by atoms with van der Waals surface area (Å²) in [4.78, 5) is 11.6. The SMILES string of the molecule is C=CC=C(C)CC(CCO)NC(=O)OC(C)(C)C. The molecule has 0 aromatic heterocycles. The van der Waals surface area contributed by atoms with Gasteiger partial charge in [-0.25, -0.2) is 4.79 Å². The van der Waals surface area contributed by atoms with E-state index in [9.17, 15) is 4.79 Å². The van der Waals surface area contributed by atoms with E-state index < -0.39 is 11.7 Å². The Kier molecular flexibility index (Phi) is 7.36. The summed E-state index contributed by atoms with van der Waals surface area (Å²) in [6.07, 6.45) is 4.32. The van der Waals surface area contributed by atoms with E-state index in [0.29, 0.717) is 12.8 Å². The second-order valence-electron chi connectivity index (χ2n) is 5.31. The van der Waals surface area contributed by atoms with Crippen LogP contribution in [0.3, 0.4) is 0 Å². The third-order valence-corrected chi connectivity index (χ3v) is 2.17. The lowest BCUT2D eigenvalue weighted by atomic mass is 10.0. The van der Waals surface area contributed by atoms with Crippen molar-refractivity contribution >= 4 is 6.09 Å². The molecule has 0 fully saturated rings. The number of carbonyl (C=O) groups is 1. The van der Waals surface area contributed by atoms with Crippen LogP contribution in [0.5, 0.6) is 0 Å². The van der Waals surface area contributed by atoms with Gasteiger partial charge in [-0.15, -0.1) is 0 Å². The van der Waals surface area contributed by atoms with Crippen LogP contribution in [-0.2, 0) is 4.74 Å². The Morgan fingerprint density at radius 3 is 2.56 bits per heavy atom. The predicted molar refractivity (Wildman–Crippen MR) is 73.4 cm³/mol. The highest BCUT2D eigenvalue weighted by Gasteiger charge is 2.19. The largest absolute Gasteiger partial charge is 0.444 e. The first-order valence-electron chi connectivity index (χ1n) is 6.17. The van der Waals surface area contributed by atoms with Crippen LogP contribution in [-0.4, -0.2) is 29.4 Å². The van der Waals surface area contributed by atoms with E-state index in [4.69, 9.17) is 9.84 Å². The first-order valence-corrected chi connectivity index (χ1v) is 6.17. The van der Waals surface area contributed by atoms with Crippen LogP contribution in [0.4, 0.5) is 4.79 Å². The normalized spacial score (nSPS) is 13.9. The number of hydrogen-bond donors (Lipinski definition) is 2. The van der Waals surface area contributed by atoms with Crippen LogP contribution in [0.1, 0.15) is 40.5 Å². The van der Waals surface area contributed by atoms with Gasteiger partial charge in [-0.1, -0.05) is 24.3 Å². The van der Waals surface area contributed by atoms with Crippen molar-refractivity contribution in [2.45, 2.75) is 52.2 Å². The molecule has 0 aliphatic carbocycles. The fourth-order valence-electron chi connectivity index (χ4n) is 1.51. The summed E-state index contributed by atoms with van der Waals surface area (Å²) < 4.78 is 5.18. The van der Waals surface area contributed by atoms with Gasteiger partial charge in [-0.3, -0.25) is 0 Å². The number of amides is 1. The van der Waals surface area contributed by atoms with E-state index in [1.807, 2.05) is 33.8 Å². The van der Waals surface area contributed by atoms with Gasteiger partial charge in [0.25, 0.3) is 0 Å². The number of aliphatic hydroxyl groups excluding tert-OH is 1. The van der Waals surface area contributed by atoms with Crippen molar-refractivity contribution in [1.29, 1.82) is 0 Å². The molecule has 2 N–H and O–H groups in total. The molecule has 1 atom stereocenters. The standard InChI is InChI=1S/C14H25NO3/c1-6-7-11(2)10-12(8-9-16)15-13(17)18-14(3,4)5/h6-7,12,16H,1,8-10H2,2-5H3,(H,15,17). The van der Waals surface area contributed by atoms with Gasteiger partial charge < -0.3 is 15.2 Å². The van der Waals surface area contributed by atoms with Crippen molar-refractivity contribution < 1.29 is 14.6 Å². The van der Waals surface area contributed by atoms with Crippen molar-refractivity contribution in [2.24, 2.45) is 0 Å². The third-order valence-electron chi connectivity index (χ3n) is 2.17. The first-order chi connectivity index (χ1) is 8.28. The van der Waals surface area contributed by atoms with Crippen LogP contribution in [0.2, 0.25) is 0 Å². The maximum Gasteiger partial charge on any atom is 0.407 e. The van der Waals surface area contributed by atoms with Crippen LogP contribution in [0.25, 0.3) is 0 Å². The summed E-state index contributed by atoms with van der Waals surface area (Å²) in [5.74, 6) is 0. The van der Waals surface area contributed by atoms with E-state index in [1.165, 1.54) is 0 Å². The van der Waals surface area contributed by atoms with Crippen LogP contribution in [0, 0.1) is 0 Å². The monoisotopic (exact) mass is 255 g/mol. The molecule has 18 heavy (non-hydrogen) atoms. The van der Waals surface area contributed by atoms with Crippen molar-refractivity contribution in [2.75, 3.05) is 6.61 Å². The summed E-state index contributed by atoms with van der Waals surface area (Å²) in [5.41, 5.74) is 0.583. The molecule has 1 unspecified atom stereocenters. The van der Waals surface area contributed by atoms with Gasteiger partial charge in [-0.2, -0.15) is 0 Å². The van der Waals surface area contributed by atoms with E-state index in [1.54, 1.807) is 6.08 Å². The Balaban J connectivity index is 4.39. The van der Waals surface area contributed by atoms with Crippen molar-refractivity contribution in [1.82, 2.24) is 5.32 Å². The van der Waals surface area contributed by atoms with Gasteiger partial charge in [0, 0.05) is 12.6 Å². The van der Waals surface area contributed by atoms with Gasteiger partial charge in [0.05, 0.1) is 0 Å². The highest BCUT2D eigenvalue weighted by atomic mass is 16.6. The number of aliphatic hydroxyl groups is 1. The Bertz CT molecular complexity index is 303. The molecule has 4 nitrogen and oxygen atoms in total. The van der Waals surface area contributed by atoms with E-state index in [2.05, 4.69) is 11.9 Å². The first kappa shape index (κ1) is 16.7. The fourth-order valence-corrected chi connectivity index (χ4v) is 1.51. The summed E-state index contributed by atoms with van der Waals surface area (Å²) in [6, 6.07) is -0.124. The zero-order valence-electron chi connectivity index (χ0n) is 11.8. The summed E-state index contributed by atoms with van der Waals surface area (Å²) in [7, 11) is 0. The number of nitrogens with one attached hydrogen (secondary N) is 1. The topological polar surface area (TPSA) is 58.6 Å². The van der Waals surface area contributed by atoms with Gasteiger partial charge in [0.15, 0.2) is 0 Å². The van der Waals surface area contributed by atoms with Crippen LogP contribution >= 0.6 is 0 Å². The molecule has 0 aliphatic heterocycles. The third kappa shape index (κ3) is 8.82. The van der Waals surface area contributed by atoms with Gasteiger partial charge in [-0.05, 0) is 40.5 Å². The van der Waals surface area contributed by atoms with E-state index >= 15 is 0 Å². The average Bonchev–Trinajstić information content (AvgIpc) is 2.14. The number of ether oxygens (including phenoxy) is 1. The fraction of sp³-hybridized carbons (Fsp3) is 0.643. The lowest BCUT2D eigenvalue weighted by Crippen LogP contribution is -2.39. The van der Waals surface area contributed by atoms with E-state index in [-0.39, 0.29) is 12.6 Å². The number of carbonyl (C=O) groups excluding carboxylic acids is 1. The highest BCUT2D eigenvalue weighted by molar-refractivity contribution is 5.68. The predicted octanol–water partition coefficient (Wildman–Crippen LogP) is 2.78. The van der Waals surface area contributed by atoms with Gasteiger partial charge in [0.2, 0.25) is 0 Å². The molecule has 4 heteroatoms. The Morgan fingerprint density at radius 1 is 1.50 bits per heavy atom. The number of allylic oxidation sites excluding steroid dienone is 2. The van der Waals surface area contributed by atoms with Crippen molar-refractivity contribution in [3.8, 4) is 0 Å². The zero-order valence-corrected chi connectivity index (χ0v) is 11.8. The molecule has 0 spiro atoms. The molecule has 1 amide bonds. The van der Waals surface area contributed by atoms with E-state index in [0.717, 1.165) is 5.57 Å². The molecule has 0 saturated carbocycles. The van der Waals surface area contributed by atoms with Crippen molar-refractivity contribution in [3.05, 3.63) is 24.3 Å². The molecule has 0 heterocycles. The lowest BCUT2D eigenvalue weighted by Gasteiger charge is -2.23. The molecule has 0 radical (unpaired) electrons. The van der Waals surface area contributed by atoms with Crippen molar-refractivity contribution in [3.63, 3.8) is 0 Å². The molecule has 0 aromatic carbocycles. The summed E-state index contributed by atoms with van der Waals surface area (Å²) in [5, 5.41) is 11.8. The minimum atomic E-state index is -0.514. The van der Waals surface area contributed by atoms with Crippen LogP contribution in [0.15, 0.2) is 24.3 Å². The molecular weight excluding hydrogens is 230 g/mol. The molecule has 104 valence electrons. The Morgan fingerprint density at radius 2 is 2.11 bits per heavy atom. The second-order valence-corrected chi connectivity index (χ2v) is 5.31. The maximum atomic E-state index is 11.6. The number of alkyl carbamates (subject to hydrolysis) is 1. The molecule has 0 saturated heterocycles. The quantitative estimate of drug-likeness (QED) is 0.717. The molecule has 0 bridgehead atoms. The minimum Gasteiger partial charge on any atom is -0.444 e. The minimum absolute atomic E-state index is 0.0296. The highest BCUT2D eigenvalue weighted by Crippen LogP contribution is 2.11. The molecule has 0 aliphatic rings. The lowest BCUT2D eigenvalue weighted by molar-refractivity contribution is 0.0497. The zero-order chi connectivity index (χ0) is 14.2. The summed E-state index contributed by atoms with van der Waals surface area (Å²) in [6.45, 7) is 11.1. The van der Waals surface area contributed by atoms with Gasteiger partial charge >= 0.3 is 6.09 Å². The maximum absolute atomic E-state index is 11.6. The second kappa shape index (κ2) is 7.93. The number of hydrogen-bond acceptors (Lipinski definition) is 3. The van der Waals surface area contributed by atoms with Gasteiger partial charge in [0.1, 0.15) is 5.60 Å². The molecule has 0 rings (SSSR count). The smallest absolute Gasteiger partial charge is 0.407 e. The average molecular weight is 255 g/mol. The molecular formula is C14H25NO3.